The van der Waals surface area contributed by atoms with Gasteiger partial charge in [0.2, 0.25) is 0 Å². The smallest absolute Gasteiger partial charge is 0.182 e. The molecule has 128 valence electrons. The number of carbonyl (C=O) groups excluding carboxylic acids is 1. The van der Waals surface area contributed by atoms with Crippen molar-refractivity contribution in [3.63, 3.8) is 0 Å². The predicted octanol–water partition coefficient (Wildman–Crippen LogP) is 4.36. The van der Waals surface area contributed by atoms with Crippen molar-refractivity contribution in [1.29, 1.82) is 0 Å². The third kappa shape index (κ3) is 5.54. The number of ketones is 1. The van der Waals surface area contributed by atoms with Gasteiger partial charge in [0.1, 0.15) is 0 Å². The Hall–Kier alpha value is -2.46. The summed E-state index contributed by atoms with van der Waals surface area (Å²) in [5.41, 5.74) is 3.08. The van der Waals surface area contributed by atoms with Crippen molar-refractivity contribution in [3.8, 4) is 0 Å². The molecule has 0 aliphatic rings. The zero-order valence-corrected chi connectivity index (χ0v) is 15.8. The van der Waals surface area contributed by atoms with Gasteiger partial charge in [-0.05, 0) is 24.6 Å². The highest BCUT2D eigenvalue weighted by Gasteiger charge is 2.05. The molecule has 1 aromatic heterocycles. The molecule has 3 rings (SSSR count). The lowest BCUT2D eigenvalue weighted by Crippen LogP contribution is -2.12. The molecule has 0 bridgehead atoms. The molecule has 0 saturated carbocycles. The molecule has 1 heterocycles. The maximum atomic E-state index is 12.3. The van der Waals surface area contributed by atoms with Crippen molar-refractivity contribution in [3.05, 3.63) is 101 Å². The summed E-state index contributed by atoms with van der Waals surface area (Å²) in [6, 6.07) is 21.7. The second-order valence-electron chi connectivity index (χ2n) is 5.82. The van der Waals surface area contributed by atoms with Crippen molar-refractivity contribution < 1.29 is 4.79 Å². The number of aromatic nitrogens is 1. The molecule has 4 heteroatoms. The Kier molecular flexibility index (Phi) is 6.90. The number of carbonyl (C=O) groups is 1. The number of pyridine rings is 1. The van der Waals surface area contributed by atoms with Crippen LogP contribution in [0.1, 0.15) is 21.5 Å². The first-order valence-corrected chi connectivity index (χ1v) is 8.01. The first-order chi connectivity index (χ1) is 11.7. The van der Waals surface area contributed by atoms with Crippen LogP contribution in [0.2, 0.25) is 0 Å². The van der Waals surface area contributed by atoms with Gasteiger partial charge in [0.15, 0.2) is 5.78 Å². The Morgan fingerprint density at radius 2 is 1.56 bits per heavy atom. The van der Waals surface area contributed by atoms with Gasteiger partial charge in [0.05, 0.1) is 18.4 Å². The summed E-state index contributed by atoms with van der Waals surface area (Å²) < 4.78 is 1.88. The molecule has 0 aliphatic carbocycles. The fourth-order valence-corrected chi connectivity index (χ4v) is 2.42. The normalized spacial score (nSPS) is 9.96. The molecule has 0 spiro atoms. The SMILES string of the molecule is Br.Cc1ccc(C(=O)Cn2ccc(=NCc3ccccc3)cc2)cc1. The minimum atomic E-state index is 0. The lowest BCUT2D eigenvalue weighted by Gasteiger charge is -2.06. The maximum absolute atomic E-state index is 12.3. The number of nitrogens with zero attached hydrogens (tertiary/aromatic N) is 2. The molecule has 0 fully saturated rings. The second kappa shape index (κ2) is 9.14. The molecule has 2 aromatic carbocycles. The third-order valence-electron chi connectivity index (χ3n) is 3.86. The van der Waals surface area contributed by atoms with E-state index >= 15 is 0 Å². The number of hydrogen-bond donors (Lipinski definition) is 0. The van der Waals surface area contributed by atoms with Gasteiger partial charge in [0, 0.05) is 18.0 Å². The van der Waals surface area contributed by atoms with Gasteiger partial charge in [-0.25, -0.2) is 0 Å². The summed E-state index contributed by atoms with van der Waals surface area (Å²) in [5.74, 6) is 0.106. The van der Waals surface area contributed by atoms with E-state index in [1.807, 2.05) is 78.5 Å². The number of aryl methyl sites for hydroxylation is 1. The minimum absolute atomic E-state index is 0. The molecule has 0 saturated heterocycles. The highest BCUT2D eigenvalue weighted by molar-refractivity contribution is 8.93. The van der Waals surface area contributed by atoms with Crippen LogP contribution in [0.25, 0.3) is 0 Å². The summed E-state index contributed by atoms with van der Waals surface area (Å²) in [5, 5.41) is 0.915. The Balaban J connectivity index is 0.00000225. The van der Waals surface area contributed by atoms with E-state index in [9.17, 15) is 4.79 Å². The summed E-state index contributed by atoms with van der Waals surface area (Å²) in [6.07, 6.45) is 3.80. The van der Waals surface area contributed by atoms with Crippen molar-refractivity contribution >= 4 is 22.8 Å². The topological polar surface area (TPSA) is 34.4 Å². The third-order valence-corrected chi connectivity index (χ3v) is 3.86. The molecule has 25 heavy (non-hydrogen) atoms. The van der Waals surface area contributed by atoms with E-state index in [2.05, 4.69) is 17.1 Å². The largest absolute Gasteiger partial charge is 0.346 e. The molecule has 3 nitrogen and oxygen atoms in total. The number of benzene rings is 2. The zero-order valence-electron chi connectivity index (χ0n) is 14.1. The molecule has 0 unspecified atom stereocenters. The van der Waals surface area contributed by atoms with E-state index in [0.717, 1.165) is 16.5 Å². The first kappa shape index (κ1) is 18.9. The lowest BCUT2D eigenvalue weighted by atomic mass is 10.1. The van der Waals surface area contributed by atoms with Crippen LogP contribution < -0.4 is 5.36 Å². The van der Waals surface area contributed by atoms with Crippen LogP contribution in [-0.4, -0.2) is 10.4 Å². The van der Waals surface area contributed by atoms with Gasteiger partial charge in [0.25, 0.3) is 0 Å². The predicted molar refractivity (Wildman–Crippen MR) is 106 cm³/mol. The van der Waals surface area contributed by atoms with Crippen LogP contribution in [0.15, 0.2) is 84.1 Å². The Bertz CT molecular complexity index is 863. The highest BCUT2D eigenvalue weighted by Crippen LogP contribution is 2.05. The van der Waals surface area contributed by atoms with Gasteiger partial charge in [-0.1, -0.05) is 60.2 Å². The van der Waals surface area contributed by atoms with E-state index in [4.69, 9.17) is 0 Å². The Labute approximate surface area is 158 Å². The van der Waals surface area contributed by atoms with Crippen LogP contribution >= 0.6 is 17.0 Å². The van der Waals surface area contributed by atoms with Gasteiger partial charge in [-0.3, -0.25) is 9.79 Å². The van der Waals surface area contributed by atoms with Crippen LogP contribution in [0, 0.1) is 6.92 Å². The summed E-state index contributed by atoms with van der Waals surface area (Å²) in [4.78, 5) is 16.8. The monoisotopic (exact) mass is 396 g/mol. The molecular formula is C21H21BrN2O. The van der Waals surface area contributed by atoms with Crippen molar-refractivity contribution in [2.24, 2.45) is 4.99 Å². The number of Topliss-reactive ketones (excluding diaryl/α,β-unsaturated/α-hetero) is 1. The second-order valence-corrected chi connectivity index (χ2v) is 5.82. The Morgan fingerprint density at radius 3 is 2.20 bits per heavy atom. The van der Waals surface area contributed by atoms with E-state index < -0.39 is 0 Å². The van der Waals surface area contributed by atoms with Crippen molar-refractivity contribution in [1.82, 2.24) is 4.57 Å². The average Bonchev–Trinajstić information content (AvgIpc) is 2.62. The van der Waals surface area contributed by atoms with Crippen molar-refractivity contribution in [2.45, 2.75) is 20.0 Å². The molecular weight excluding hydrogens is 376 g/mol. The summed E-state index contributed by atoms with van der Waals surface area (Å²) >= 11 is 0. The standard InChI is InChI=1S/C21H20N2O.BrH/c1-17-7-9-19(10-8-17)21(24)16-23-13-11-20(12-14-23)22-15-18-5-3-2-4-6-18;/h2-14H,15-16H2,1H3;1H. The minimum Gasteiger partial charge on any atom is -0.346 e. The number of hydrogen-bond acceptors (Lipinski definition) is 2. The first-order valence-electron chi connectivity index (χ1n) is 8.01. The summed E-state index contributed by atoms with van der Waals surface area (Å²) in [7, 11) is 0. The highest BCUT2D eigenvalue weighted by atomic mass is 79.9. The molecule has 3 aromatic rings. The van der Waals surface area contributed by atoms with Crippen LogP contribution in [-0.2, 0) is 13.1 Å². The van der Waals surface area contributed by atoms with E-state index in [0.29, 0.717) is 13.1 Å². The van der Waals surface area contributed by atoms with Crippen LogP contribution in [0.5, 0.6) is 0 Å². The molecule has 0 aliphatic heterocycles. The zero-order chi connectivity index (χ0) is 16.8. The van der Waals surface area contributed by atoms with Crippen molar-refractivity contribution in [2.75, 3.05) is 0 Å². The van der Waals surface area contributed by atoms with Crippen LogP contribution in [0.3, 0.4) is 0 Å². The fraction of sp³-hybridized carbons (Fsp3) is 0.143. The lowest BCUT2D eigenvalue weighted by molar-refractivity contribution is 0.0972. The van der Waals surface area contributed by atoms with Crippen LogP contribution in [0.4, 0.5) is 0 Å². The fourth-order valence-electron chi connectivity index (χ4n) is 2.42. The van der Waals surface area contributed by atoms with E-state index in [1.54, 1.807) is 0 Å². The summed E-state index contributed by atoms with van der Waals surface area (Å²) in [6.45, 7) is 3.01. The quantitative estimate of drug-likeness (QED) is 0.589. The number of halogens is 1. The average molecular weight is 397 g/mol. The maximum Gasteiger partial charge on any atom is 0.182 e. The van der Waals surface area contributed by atoms with Gasteiger partial charge in [-0.2, -0.15) is 0 Å². The molecule has 0 radical (unpaired) electrons. The van der Waals surface area contributed by atoms with Gasteiger partial charge in [-0.15, -0.1) is 17.0 Å². The molecule has 0 N–H and O–H groups in total. The van der Waals surface area contributed by atoms with E-state index in [1.165, 1.54) is 5.56 Å². The van der Waals surface area contributed by atoms with E-state index in [-0.39, 0.29) is 22.8 Å². The Morgan fingerprint density at radius 1 is 0.920 bits per heavy atom. The molecule has 0 amide bonds. The van der Waals surface area contributed by atoms with Gasteiger partial charge >= 0.3 is 0 Å². The van der Waals surface area contributed by atoms with Gasteiger partial charge < -0.3 is 4.57 Å². The number of rotatable bonds is 5. The molecule has 0 atom stereocenters.